The lowest BCUT2D eigenvalue weighted by Gasteiger charge is -2.35. The van der Waals surface area contributed by atoms with Crippen molar-refractivity contribution in [2.75, 3.05) is 26.7 Å². The second-order valence-electron chi connectivity index (χ2n) is 13.7. The number of carbonyl (C=O) groups is 2. The van der Waals surface area contributed by atoms with Gasteiger partial charge in [0.1, 0.15) is 17.9 Å². The number of ether oxygens (including phenoxy) is 1. The summed E-state index contributed by atoms with van der Waals surface area (Å²) in [7, 11) is 1.32. The zero-order valence-electron chi connectivity index (χ0n) is 28.9. The minimum Gasteiger partial charge on any atom is -0.453 e. The van der Waals surface area contributed by atoms with E-state index in [9.17, 15) is 14.7 Å². The summed E-state index contributed by atoms with van der Waals surface area (Å²) >= 11 is 0. The number of nitrogens with one attached hydrogen (secondary N) is 4. The Labute approximate surface area is 287 Å². The fourth-order valence-electron chi connectivity index (χ4n) is 6.92. The summed E-state index contributed by atoms with van der Waals surface area (Å²) in [5, 5.41) is 17.4. The van der Waals surface area contributed by atoms with Crippen molar-refractivity contribution in [1.82, 2.24) is 40.4 Å². The van der Waals surface area contributed by atoms with E-state index >= 15 is 0 Å². The second-order valence-corrected chi connectivity index (χ2v) is 13.7. The number of hydrogen-bond acceptors (Lipinski definition) is 8. The number of aromatic amines is 2. The highest BCUT2D eigenvalue weighted by molar-refractivity contribution is 5.83. The molecule has 2 saturated heterocycles. The van der Waals surface area contributed by atoms with Crippen LogP contribution in [0.1, 0.15) is 58.2 Å². The Morgan fingerprint density at radius 2 is 1.55 bits per heavy atom. The van der Waals surface area contributed by atoms with Crippen LogP contribution in [0.5, 0.6) is 0 Å². The van der Waals surface area contributed by atoms with E-state index in [4.69, 9.17) is 9.72 Å². The number of alkyl carbamates (subject to hydrolysis) is 1. The van der Waals surface area contributed by atoms with Crippen LogP contribution in [0.2, 0.25) is 0 Å². The maximum Gasteiger partial charge on any atom is 0.407 e. The quantitative estimate of drug-likeness (QED) is 0.151. The molecule has 6 rings (SSSR count). The maximum atomic E-state index is 12.9. The molecule has 4 heterocycles. The van der Waals surface area contributed by atoms with Crippen molar-refractivity contribution in [1.29, 1.82) is 0 Å². The molecule has 2 aromatic heterocycles. The first kappa shape index (κ1) is 34.3. The van der Waals surface area contributed by atoms with E-state index in [1.54, 1.807) is 0 Å². The van der Waals surface area contributed by atoms with Crippen molar-refractivity contribution in [2.45, 2.75) is 71.4 Å². The highest BCUT2D eigenvalue weighted by Gasteiger charge is 2.38. The van der Waals surface area contributed by atoms with Crippen molar-refractivity contribution < 1.29 is 19.4 Å². The molecule has 2 fully saturated rings. The normalized spacial score (nSPS) is 19.8. The van der Waals surface area contributed by atoms with Crippen LogP contribution in [-0.2, 0) is 16.1 Å². The van der Waals surface area contributed by atoms with Crippen molar-refractivity contribution in [3.8, 4) is 33.6 Å². The molecule has 2 aliphatic heterocycles. The van der Waals surface area contributed by atoms with Gasteiger partial charge in [0.25, 0.3) is 0 Å². The van der Waals surface area contributed by atoms with E-state index in [-0.39, 0.29) is 29.8 Å². The molecule has 0 spiro atoms. The summed E-state index contributed by atoms with van der Waals surface area (Å²) in [4.78, 5) is 44.9. The van der Waals surface area contributed by atoms with Crippen molar-refractivity contribution >= 4 is 12.0 Å². The van der Waals surface area contributed by atoms with Crippen molar-refractivity contribution in [3.63, 3.8) is 0 Å². The molecular formula is C37H48N8O4. The van der Waals surface area contributed by atoms with Gasteiger partial charge in [-0.2, -0.15) is 0 Å². The molecule has 4 atom stereocenters. The van der Waals surface area contributed by atoms with Crippen LogP contribution in [0.3, 0.4) is 0 Å². The fourth-order valence-corrected chi connectivity index (χ4v) is 6.92. The fraction of sp³-hybridized carbons (Fsp3) is 0.459. The van der Waals surface area contributed by atoms with Gasteiger partial charge >= 0.3 is 6.09 Å². The standard InChI is InChI=1S/C37H48N8O4/c1-22(2)32-35(46)44(18-16-38-32)21-31-39-19-28(41-31)26-12-8-24(9-13-26)25-10-14-27(15-11-25)29-20-40-34(42-29)30-7-6-17-45(30)36(47)33(23(3)4)43-37(48)49-5/h8-15,19-20,22-23,30,32-33,36,38,47H,6-7,16-18,21H2,1-5H3,(H,39,41)(H,40,42)(H,43,48). The van der Waals surface area contributed by atoms with E-state index in [1.165, 1.54) is 7.11 Å². The maximum absolute atomic E-state index is 12.9. The van der Waals surface area contributed by atoms with E-state index < -0.39 is 18.4 Å². The molecule has 0 bridgehead atoms. The molecule has 49 heavy (non-hydrogen) atoms. The van der Waals surface area contributed by atoms with E-state index in [1.807, 2.05) is 36.0 Å². The molecular weight excluding hydrogens is 620 g/mol. The first-order chi connectivity index (χ1) is 23.6. The second kappa shape index (κ2) is 14.9. The van der Waals surface area contributed by atoms with E-state index in [0.717, 1.165) is 64.7 Å². The number of likely N-dealkylation sites (tertiary alicyclic amines) is 1. The van der Waals surface area contributed by atoms with Crippen LogP contribution in [-0.4, -0.2) is 91.9 Å². The van der Waals surface area contributed by atoms with Gasteiger partial charge in [-0.15, -0.1) is 0 Å². The third-order valence-electron chi connectivity index (χ3n) is 9.74. The Bertz CT molecular complexity index is 1710. The van der Waals surface area contributed by atoms with E-state index in [2.05, 4.69) is 88.0 Å². The molecule has 4 unspecified atom stereocenters. The van der Waals surface area contributed by atoms with Gasteiger partial charge in [0.2, 0.25) is 5.91 Å². The number of methoxy groups -OCH3 is 1. The number of piperazine rings is 1. The number of carbonyl (C=O) groups excluding carboxylic acids is 2. The lowest BCUT2D eigenvalue weighted by molar-refractivity contribution is -0.137. The average molecular weight is 669 g/mol. The summed E-state index contributed by atoms with van der Waals surface area (Å²) in [6.45, 7) is 10.7. The Balaban J connectivity index is 1.09. The zero-order chi connectivity index (χ0) is 34.7. The topological polar surface area (TPSA) is 151 Å². The average Bonchev–Trinajstić information content (AvgIpc) is 3.89. The third kappa shape index (κ3) is 7.56. The number of hydrogen-bond donors (Lipinski definition) is 5. The van der Waals surface area contributed by atoms with E-state index in [0.29, 0.717) is 19.6 Å². The first-order valence-electron chi connectivity index (χ1n) is 17.2. The molecule has 2 aromatic carbocycles. The molecule has 2 aliphatic rings. The van der Waals surface area contributed by atoms with Crippen LogP contribution in [0.15, 0.2) is 60.9 Å². The number of aliphatic hydroxyl groups excluding tert-OH is 1. The van der Waals surface area contributed by atoms with Gasteiger partial charge in [-0.05, 0) is 46.9 Å². The monoisotopic (exact) mass is 668 g/mol. The Morgan fingerprint density at radius 3 is 2.16 bits per heavy atom. The number of benzene rings is 2. The van der Waals surface area contributed by atoms with Gasteiger partial charge in [0.05, 0.1) is 55.6 Å². The van der Waals surface area contributed by atoms with Crippen LogP contribution >= 0.6 is 0 Å². The summed E-state index contributed by atoms with van der Waals surface area (Å²) in [6, 6.07) is 16.0. The Kier molecular flexibility index (Phi) is 10.5. The predicted octanol–water partition coefficient (Wildman–Crippen LogP) is 4.93. The van der Waals surface area contributed by atoms with Crippen LogP contribution in [0, 0.1) is 11.8 Å². The predicted molar refractivity (Wildman–Crippen MR) is 188 cm³/mol. The number of aromatic nitrogens is 4. The number of nitrogens with zero attached hydrogens (tertiary/aromatic N) is 4. The van der Waals surface area contributed by atoms with Gasteiger partial charge in [-0.1, -0.05) is 76.2 Å². The molecule has 0 aliphatic carbocycles. The Hall–Kier alpha value is -4.52. The SMILES string of the molecule is COC(=O)NC(C(C)C)C(O)N1CCCC1c1ncc(-c2ccc(-c3ccc(-c4cnc(CN5CCNC(C(C)C)C5=O)[nH]4)cc3)cc2)[nH]1. The zero-order valence-corrected chi connectivity index (χ0v) is 28.9. The molecule has 0 saturated carbocycles. The summed E-state index contributed by atoms with van der Waals surface area (Å²) in [6.07, 6.45) is 4.02. The summed E-state index contributed by atoms with van der Waals surface area (Å²) in [5.41, 5.74) is 6.07. The summed E-state index contributed by atoms with van der Waals surface area (Å²) < 4.78 is 4.79. The number of aliphatic hydroxyl groups is 1. The number of imidazole rings is 2. The molecule has 12 nitrogen and oxygen atoms in total. The largest absolute Gasteiger partial charge is 0.453 e. The van der Waals surface area contributed by atoms with Crippen molar-refractivity contribution in [3.05, 3.63) is 72.6 Å². The van der Waals surface area contributed by atoms with Gasteiger partial charge in [0.15, 0.2) is 0 Å². The van der Waals surface area contributed by atoms with Gasteiger partial charge in [-0.25, -0.2) is 14.8 Å². The smallest absolute Gasteiger partial charge is 0.407 e. The molecule has 12 heteroatoms. The molecule has 2 amide bonds. The summed E-state index contributed by atoms with van der Waals surface area (Å²) in [5.74, 6) is 1.96. The third-order valence-corrected chi connectivity index (χ3v) is 9.74. The molecule has 5 N–H and O–H groups in total. The van der Waals surface area contributed by atoms with Crippen LogP contribution < -0.4 is 10.6 Å². The van der Waals surface area contributed by atoms with Gasteiger partial charge < -0.3 is 35.3 Å². The highest BCUT2D eigenvalue weighted by atomic mass is 16.5. The number of rotatable bonds is 11. The highest BCUT2D eigenvalue weighted by Crippen LogP contribution is 2.34. The lowest BCUT2D eigenvalue weighted by atomic mass is 10.0. The minimum absolute atomic E-state index is 0.00843. The first-order valence-corrected chi connectivity index (χ1v) is 17.2. The number of H-pyrrole nitrogens is 2. The van der Waals surface area contributed by atoms with Crippen LogP contribution in [0.25, 0.3) is 33.6 Å². The Morgan fingerprint density at radius 1 is 0.939 bits per heavy atom. The van der Waals surface area contributed by atoms with Gasteiger partial charge in [0, 0.05) is 19.6 Å². The molecule has 0 radical (unpaired) electrons. The van der Waals surface area contributed by atoms with Gasteiger partial charge in [-0.3, -0.25) is 9.69 Å². The minimum atomic E-state index is -0.873. The number of amides is 2. The lowest BCUT2D eigenvalue weighted by Crippen LogP contribution is -2.56. The molecule has 4 aromatic rings. The van der Waals surface area contributed by atoms with Crippen molar-refractivity contribution in [2.24, 2.45) is 11.8 Å². The van der Waals surface area contributed by atoms with Crippen LogP contribution in [0.4, 0.5) is 4.79 Å². The molecule has 260 valence electrons.